The van der Waals surface area contributed by atoms with Crippen molar-refractivity contribution in [2.45, 2.75) is 13.0 Å². The summed E-state index contributed by atoms with van der Waals surface area (Å²) >= 11 is 0. The van der Waals surface area contributed by atoms with E-state index in [1.807, 2.05) is 4.98 Å². The molecule has 0 saturated heterocycles. The molecule has 0 atom stereocenters. The molecule has 0 radical (unpaired) electrons. The first-order valence-electron chi connectivity index (χ1n) is 4.04. The number of H-pyrrole nitrogens is 1. The lowest BCUT2D eigenvalue weighted by molar-refractivity contribution is -0.275. The minimum Gasteiger partial charge on any atom is -0.493 e. The maximum Gasteiger partial charge on any atom is 0.573 e. The SMILES string of the molecule is COc1cc(=O)[nH]c(CO)c1OC(F)(F)F. The number of aromatic amines is 1. The number of aromatic nitrogens is 1. The summed E-state index contributed by atoms with van der Waals surface area (Å²) in [7, 11) is 1.08. The number of halogens is 3. The van der Waals surface area contributed by atoms with Crippen LogP contribution in [0.15, 0.2) is 10.9 Å². The summed E-state index contributed by atoms with van der Waals surface area (Å²) in [4.78, 5) is 13.0. The van der Waals surface area contributed by atoms with Crippen LogP contribution in [-0.4, -0.2) is 23.6 Å². The van der Waals surface area contributed by atoms with Gasteiger partial charge in [-0.15, -0.1) is 13.2 Å². The third-order valence-corrected chi connectivity index (χ3v) is 1.63. The molecule has 0 unspecified atom stereocenters. The Kier molecular flexibility index (Phi) is 3.43. The van der Waals surface area contributed by atoms with Crippen LogP contribution in [0, 0.1) is 0 Å². The van der Waals surface area contributed by atoms with Gasteiger partial charge in [0, 0.05) is 6.07 Å². The van der Waals surface area contributed by atoms with E-state index in [0.717, 1.165) is 13.2 Å². The fourth-order valence-electron chi connectivity index (χ4n) is 1.07. The number of aliphatic hydroxyl groups excluding tert-OH is 1. The zero-order valence-electron chi connectivity index (χ0n) is 8.09. The summed E-state index contributed by atoms with van der Waals surface area (Å²) in [6, 6.07) is 0.792. The number of methoxy groups -OCH3 is 1. The van der Waals surface area contributed by atoms with Crippen molar-refractivity contribution in [3.8, 4) is 11.5 Å². The zero-order valence-corrected chi connectivity index (χ0v) is 8.09. The number of rotatable bonds is 3. The minimum absolute atomic E-state index is 0.398. The highest BCUT2D eigenvalue weighted by Gasteiger charge is 2.34. The van der Waals surface area contributed by atoms with E-state index in [4.69, 9.17) is 5.11 Å². The summed E-state index contributed by atoms with van der Waals surface area (Å²) in [6.45, 7) is -0.808. The Labute approximate surface area is 87.4 Å². The van der Waals surface area contributed by atoms with Crippen molar-refractivity contribution in [1.82, 2.24) is 4.98 Å². The van der Waals surface area contributed by atoms with E-state index in [9.17, 15) is 18.0 Å². The fourth-order valence-corrected chi connectivity index (χ4v) is 1.07. The molecule has 1 aromatic heterocycles. The van der Waals surface area contributed by atoms with Crippen LogP contribution in [-0.2, 0) is 6.61 Å². The number of hydrogen-bond donors (Lipinski definition) is 2. The normalized spacial score (nSPS) is 11.3. The van der Waals surface area contributed by atoms with Crippen molar-refractivity contribution in [3.05, 3.63) is 22.1 Å². The van der Waals surface area contributed by atoms with Gasteiger partial charge in [0.25, 0.3) is 5.56 Å². The van der Waals surface area contributed by atoms with Crippen molar-refractivity contribution >= 4 is 0 Å². The molecule has 0 spiro atoms. The van der Waals surface area contributed by atoms with Gasteiger partial charge in [0.15, 0.2) is 11.5 Å². The molecule has 0 bridgehead atoms. The van der Waals surface area contributed by atoms with Gasteiger partial charge in [0.05, 0.1) is 19.4 Å². The van der Waals surface area contributed by atoms with Gasteiger partial charge < -0.3 is 19.6 Å². The molecule has 0 aliphatic heterocycles. The zero-order chi connectivity index (χ0) is 12.3. The third kappa shape index (κ3) is 2.89. The van der Waals surface area contributed by atoms with E-state index in [2.05, 4.69) is 9.47 Å². The predicted molar refractivity (Wildman–Crippen MR) is 46.2 cm³/mol. The van der Waals surface area contributed by atoms with Gasteiger partial charge in [-0.2, -0.15) is 0 Å². The van der Waals surface area contributed by atoms with Crippen molar-refractivity contribution < 1.29 is 27.8 Å². The van der Waals surface area contributed by atoms with Crippen LogP contribution in [0.2, 0.25) is 0 Å². The van der Waals surface area contributed by atoms with Crippen LogP contribution >= 0.6 is 0 Å². The van der Waals surface area contributed by atoms with Crippen molar-refractivity contribution in [2.24, 2.45) is 0 Å². The van der Waals surface area contributed by atoms with Gasteiger partial charge in [-0.3, -0.25) is 4.79 Å². The smallest absolute Gasteiger partial charge is 0.493 e. The number of aliphatic hydroxyl groups is 1. The maximum absolute atomic E-state index is 12.0. The molecular formula is C8H8F3NO4. The number of ether oxygens (including phenoxy) is 2. The number of pyridine rings is 1. The van der Waals surface area contributed by atoms with Crippen molar-refractivity contribution in [1.29, 1.82) is 0 Å². The summed E-state index contributed by atoms with van der Waals surface area (Å²) in [5, 5.41) is 8.79. The van der Waals surface area contributed by atoms with E-state index in [-0.39, 0.29) is 0 Å². The predicted octanol–water partition coefficient (Wildman–Crippen LogP) is 0.774. The monoisotopic (exact) mass is 239 g/mol. The van der Waals surface area contributed by atoms with Crippen LogP contribution in [0.5, 0.6) is 11.5 Å². The van der Waals surface area contributed by atoms with Crippen LogP contribution in [0.3, 0.4) is 0 Å². The van der Waals surface area contributed by atoms with E-state index in [1.54, 1.807) is 0 Å². The van der Waals surface area contributed by atoms with Gasteiger partial charge in [-0.05, 0) is 0 Å². The second-order valence-corrected chi connectivity index (χ2v) is 2.72. The Balaban J connectivity index is 3.28. The third-order valence-electron chi connectivity index (χ3n) is 1.63. The first-order valence-corrected chi connectivity index (χ1v) is 4.04. The number of nitrogens with one attached hydrogen (secondary N) is 1. The van der Waals surface area contributed by atoms with Crippen molar-refractivity contribution in [3.63, 3.8) is 0 Å². The maximum atomic E-state index is 12.0. The topological polar surface area (TPSA) is 71.6 Å². The fraction of sp³-hybridized carbons (Fsp3) is 0.375. The number of hydrogen-bond acceptors (Lipinski definition) is 4. The molecule has 0 fully saturated rings. The highest BCUT2D eigenvalue weighted by Crippen LogP contribution is 2.33. The van der Waals surface area contributed by atoms with Crippen LogP contribution in [0.25, 0.3) is 0 Å². The van der Waals surface area contributed by atoms with Gasteiger partial charge in [0.2, 0.25) is 0 Å². The summed E-state index contributed by atoms with van der Waals surface area (Å²) in [6.07, 6.45) is -4.94. The van der Waals surface area contributed by atoms with Gasteiger partial charge in [0.1, 0.15) is 0 Å². The van der Waals surface area contributed by atoms with E-state index in [1.165, 1.54) is 0 Å². The standard InChI is InChI=1S/C8H8F3NO4/c1-15-5-2-6(14)12-4(3-13)7(5)16-8(9,10)11/h2,13H,3H2,1H3,(H,12,14). The molecule has 1 rings (SSSR count). The minimum atomic E-state index is -4.94. The van der Waals surface area contributed by atoms with E-state index >= 15 is 0 Å². The molecule has 1 heterocycles. The second kappa shape index (κ2) is 4.44. The summed E-state index contributed by atoms with van der Waals surface area (Å²) in [5.41, 5.74) is -1.10. The lowest BCUT2D eigenvalue weighted by atomic mass is 10.3. The summed E-state index contributed by atoms with van der Waals surface area (Å²) < 4.78 is 44.3. The highest BCUT2D eigenvalue weighted by molar-refractivity contribution is 5.42. The Morgan fingerprint density at radius 3 is 2.56 bits per heavy atom. The highest BCUT2D eigenvalue weighted by atomic mass is 19.4. The van der Waals surface area contributed by atoms with Gasteiger partial charge >= 0.3 is 6.36 Å². The molecule has 16 heavy (non-hydrogen) atoms. The first-order chi connectivity index (χ1) is 7.37. The Morgan fingerprint density at radius 1 is 1.50 bits per heavy atom. The molecule has 0 saturated carbocycles. The molecule has 5 nitrogen and oxygen atoms in total. The first kappa shape index (κ1) is 12.4. The Hall–Kier alpha value is -1.70. The second-order valence-electron chi connectivity index (χ2n) is 2.72. The van der Waals surface area contributed by atoms with E-state index < -0.39 is 35.7 Å². The largest absolute Gasteiger partial charge is 0.573 e. The Morgan fingerprint density at radius 2 is 2.12 bits per heavy atom. The quantitative estimate of drug-likeness (QED) is 0.817. The average Bonchev–Trinajstić information content (AvgIpc) is 2.18. The molecule has 0 amide bonds. The molecule has 8 heteroatoms. The molecular weight excluding hydrogens is 231 g/mol. The lowest BCUT2D eigenvalue weighted by Gasteiger charge is -2.14. The molecule has 90 valence electrons. The van der Waals surface area contributed by atoms with Crippen LogP contribution in [0.4, 0.5) is 13.2 Å². The molecule has 0 aromatic carbocycles. The van der Waals surface area contributed by atoms with Crippen LogP contribution < -0.4 is 15.0 Å². The molecule has 0 aliphatic carbocycles. The van der Waals surface area contributed by atoms with Crippen molar-refractivity contribution in [2.75, 3.05) is 7.11 Å². The molecule has 0 aliphatic rings. The van der Waals surface area contributed by atoms with Gasteiger partial charge in [-0.1, -0.05) is 0 Å². The summed E-state index contributed by atoms with van der Waals surface area (Å²) in [5.74, 6) is -1.15. The Bertz CT molecular complexity index is 398. The molecule has 1 aromatic rings. The van der Waals surface area contributed by atoms with Gasteiger partial charge in [-0.25, -0.2) is 0 Å². The lowest BCUT2D eigenvalue weighted by Crippen LogP contribution is -2.21. The van der Waals surface area contributed by atoms with E-state index in [0.29, 0.717) is 0 Å². The number of alkyl halides is 3. The molecule has 2 N–H and O–H groups in total. The average molecular weight is 239 g/mol. The van der Waals surface area contributed by atoms with Crippen LogP contribution in [0.1, 0.15) is 5.69 Å².